The van der Waals surface area contributed by atoms with Crippen LogP contribution in [0.25, 0.3) is 10.2 Å². The van der Waals surface area contributed by atoms with Crippen LogP contribution < -0.4 is 5.32 Å². The molecule has 0 aliphatic heterocycles. The number of hydrogen-bond donors (Lipinski definition) is 1. The molecule has 34 heavy (non-hydrogen) atoms. The lowest BCUT2D eigenvalue weighted by Crippen LogP contribution is -2.26. The molecule has 1 amide bonds. The summed E-state index contributed by atoms with van der Waals surface area (Å²) < 4.78 is 27.1. The Bertz CT molecular complexity index is 1490. The molecule has 0 spiro atoms. The topological polar surface area (TPSA) is 96.4 Å². The maximum atomic E-state index is 13.1. The van der Waals surface area contributed by atoms with Crippen LogP contribution in [0.1, 0.15) is 38.8 Å². The zero-order valence-electron chi connectivity index (χ0n) is 18.9. The van der Waals surface area contributed by atoms with E-state index in [2.05, 4.69) is 10.3 Å². The van der Waals surface area contributed by atoms with E-state index in [1.807, 2.05) is 19.1 Å². The predicted molar refractivity (Wildman–Crippen MR) is 134 cm³/mol. The zero-order valence-corrected chi connectivity index (χ0v) is 20.5. The summed E-state index contributed by atoms with van der Waals surface area (Å²) in [7, 11) is -2.07. The molecular weight excluding hydrogens is 470 g/mol. The van der Waals surface area contributed by atoms with E-state index in [-0.39, 0.29) is 16.2 Å². The van der Waals surface area contributed by atoms with Gasteiger partial charge in [0.05, 0.1) is 20.7 Å². The van der Waals surface area contributed by atoms with Crippen LogP contribution in [0.4, 0.5) is 5.13 Å². The Kier molecular flexibility index (Phi) is 6.60. The summed E-state index contributed by atoms with van der Waals surface area (Å²) >= 11 is 1.17. The van der Waals surface area contributed by atoms with Gasteiger partial charge in [0.15, 0.2) is 10.9 Å². The second-order valence-electron chi connectivity index (χ2n) is 7.76. The minimum atomic E-state index is -3.59. The van der Waals surface area contributed by atoms with Crippen LogP contribution in [0.15, 0.2) is 71.6 Å². The fraction of sp³-hybridized carbons (Fsp3) is 0.160. The monoisotopic (exact) mass is 493 g/mol. The zero-order chi connectivity index (χ0) is 24.5. The number of amides is 1. The van der Waals surface area contributed by atoms with Crippen LogP contribution in [-0.4, -0.2) is 43.0 Å². The van der Waals surface area contributed by atoms with Crippen molar-refractivity contribution >= 4 is 48.4 Å². The number of anilines is 1. The molecule has 0 fully saturated rings. The molecule has 1 aromatic heterocycles. The lowest BCUT2D eigenvalue weighted by molar-refractivity contribution is 0.0996. The minimum Gasteiger partial charge on any atom is -0.298 e. The van der Waals surface area contributed by atoms with Crippen molar-refractivity contribution in [3.8, 4) is 0 Å². The number of nitrogens with zero attached hydrogens (tertiary/aromatic N) is 2. The number of aryl methyl sites for hydroxylation is 1. The smallest absolute Gasteiger partial charge is 0.258 e. The largest absolute Gasteiger partial charge is 0.298 e. The fourth-order valence-electron chi connectivity index (χ4n) is 3.37. The number of aromatic nitrogens is 1. The molecule has 0 radical (unpaired) electrons. The highest BCUT2D eigenvalue weighted by molar-refractivity contribution is 7.89. The molecule has 0 unspecified atom stereocenters. The first kappa shape index (κ1) is 23.7. The van der Waals surface area contributed by atoms with Crippen LogP contribution in [0.3, 0.4) is 0 Å². The third kappa shape index (κ3) is 4.63. The molecule has 0 aliphatic rings. The van der Waals surface area contributed by atoms with E-state index in [9.17, 15) is 18.0 Å². The Labute approximate surface area is 202 Å². The van der Waals surface area contributed by atoms with Crippen molar-refractivity contribution in [2.24, 2.45) is 0 Å². The minimum absolute atomic E-state index is 0.167. The lowest BCUT2D eigenvalue weighted by atomic mass is 9.97. The van der Waals surface area contributed by atoms with Crippen molar-refractivity contribution < 1.29 is 18.0 Å². The summed E-state index contributed by atoms with van der Waals surface area (Å²) in [5.41, 5.74) is 2.64. The fourth-order valence-corrected chi connectivity index (χ4v) is 5.55. The molecule has 0 saturated carbocycles. The first-order chi connectivity index (χ1) is 16.2. The van der Waals surface area contributed by atoms with Gasteiger partial charge in [0.1, 0.15) is 0 Å². The SMILES string of the molecule is CCN(C)S(=O)(=O)c1ccc2nc(NC(=O)c3ccccc3C(=O)c3ccc(C)cc3)sc2c1. The molecule has 7 nitrogen and oxygen atoms in total. The number of carbonyl (C=O) groups excluding carboxylic acids is 2. The normalized spacial score (nSPS) is 11.6. The molecular formula is C25H23N3O4S2. The van der Waals surface area contributed by atoms with Gasteiger partial charge in [0.25, 0.3) is 5.91 Å². The molecule has 0 bridgehead atoms. The van der Waals surface area contributed by atoms with E-state index in [4.69, 9.17) is 0 Å². The molecule has 174 valence electrons. The number of thiazole rings is 1. The van der Waals surface area contributed by atoms with Crippen molar-refractivity contribution in [3.05, 3.63) is 89.0 Å². The summed E-state index contributed by atoms with van der Waals surface area (Å²) in [6.07, 6.45) is 0. The molecule has 4 rings (SSSR count). The van der Waals surface area contributed by atoms with Gasteiger partial charge in [-0.25, -0.2) is 17.7 Å². The third-order valence-electron chi connectivity index (χ3n) is 5.46. The summed E-state index contributed by atoms with van der Waals surface area (Å²) in [5.74, 6) is -0.710. The van der Waals surface area contributed by atoms with Crippen LogP contribution in [0.5, 0.6) is 0 Å². The first-order valence-corrected chi connectivity index (χ1v) is 12.8. The van der Waals surface area contributed by atoms with Crippen LogP contribution in [0, 0.1) is 6.92 Å². The standard InChI is InChI=1S/C25H23N3O4S2/c1-4-28(3)34(31,32)18-13-14-21-22(15-18)33-25(26-21)27-24(30)20-8-6-5-7-19(20)23(29)17-11-9-16(2)10-12-17/h5-15H,4H2,1-3H3,(H,26,27,30). The van der Waals surface area contributed by atoms with E-state index >= 15 is 0 Å². The van der Waals surface area contributed by atoms with Crippen molar-refractivity contribution in [1.29, 1.82) is 0 Å². The first-order valence-electron chi connectivity index (χ1n) is 10.6. The summed E-state index contributed by atoms with van der Waals surface area (Å²) in [6, 6.07) is 18.5. The van der Waals surface area contributed by atoms with Gasteiger partial charge < -0.3 is 0 Å². The maximum Gasteiger partial charge on any atom is 0.258 e. The highest BCUT2D eigenvalue weighted by Crippen LogP contribution is 2.29. The number of hydrogen-bond acceptors (Lipinski definition) is 6. The number of fused-ring (bicyclic) bond motifs is 1. The molecule has 0 saturated heterocycles. The van der Waals surface area contributed by atoms with Gasteiger partial charge in [-0.1, -0.05) is 66.3 Å². The number of rotatable bonds is 7. The number of ketones is 1. The average molecular weight is 494 g/mol. The summed E-state index contributed by atoms with van der Waals surface area (Å²) in [6.45, 7) is 4.05. The molecule has 3 aromatic carbocycles. The van der Waals surface area contributed by atoms with E-state index in [1.165, 1.54) is 28.8 Å². The van der Waals surface area contributed by atoms with E-state index < -0.39 is 15.9 Å². The Hall–Kier alpha value is -3.40. The number of benzene rings is 3. The Morgan fingerprint density at radius 2 is 1.68 bits per heavy atom. The molecule has 0 atom stereocenters. The van der Waals surface area contributed by atoms with Crippen molar-refractivity contribution in [3.63, 3.8) is 0 Å². The van der Waals surface area contributed by atoms with E-state index in [0.29, 0.717) is 33.0 Å². The van der Waals surface area contributed by atoms with Gasteiger partial charge in [0.2, 0.25) is 10.0 Å². The Morgan fingerprint density at radius 1 is 1.00 bits per heavy atom. The van der Waals surface area contributed by atoms with Gasteiger partial charge in [-0.05, 0) is 31.2 Å². The highest BCUT2D eigenvalue weighted by Gasteiger charge is 2.22. The molecule has 1 N–H and O–H groups in total. The van der Waals surface area contributed by atoms with Crippen molar-refractivity contribution in [2.45, 2.75) is 18.7 Å². The van der Waals surface area contributed by atoms with Crippen LogP contribution >= 0.6 is 11.3 Å². The van der Waals surface area contributed by atoms with Gasteiger partial charge in [-0.2, -0.15) is 0 Å². The number of sulfonamides is 1. The molecule has 4 aromatic rings. The van der Waals surface area contributed by atoms with E-state index in [1.54, 1.807) is 55.5 Å². The number of carbonyl (C=O) groups is 2. The lowest BCUT2D eigenvalue weighted by Gasteiger charge is -2.14. The summed E-state index contributed by atoms with van der Waals surface area (Å²) in [4.78, 5) is 30.7. The highest BCUT2D eigenvalue weighted by atomic mass is 32.2. The van der Waals surface area contributed by atoms with Crippen LogP contribution in [0.2, 0.25) is 0 Å². The van der Waals surface area contributed by atoms with Gasteiger partial charge in [-0.3, -0.25) is 14.9 Å². The second kappa shape index (κ2) is 9.46. The second-order valence-corrected chi connectivity index (χ2v) is 10.8. The Morgan fingerprint density at radius 3 is 2.35 bits per heavy atom. The van der Waals surface area contributed by atoms with E-state index in [0.717, 1.165) is 5.56 Å². The van der Waals surface area contributed by atoms with Crippen LogP contribution in [-0.2, 0) is 10.0 Å². The van der Waals surface area contributed by atoms with Crippen molar-refractivity contribution in [1.82, 2.24) is 9.29 Å². The number of nitrogens with one attached hydrogen (secondary N) is 1. The Balaban J connectivity index is 1.62. The quantitative estimate of drug-likeness (QED) is 0.376. The van der Waals surface area contributed by atoms with Gasteiger partial charge in [-0.15, -0.1) is 0 Å². The van der Waals surface area contributed by atoms with Gasteiger partial charge >= 0.3 is 0 Å². The van der Waals surface area contributed by atoms with Crippen molar-refractivity contribution in [2.75, 3.05) is 18.9 Å². The van der Waals surface area contributed by atoms with Gasteiger partial charge in [0, 0.05) is 24.7 Å². The predicted octanol–water partition coefficient (Wildman–Crippen LogP) is 4.73. The summed E-state index contributed by atoms with van der Waals surface area (Å²) in [5, 5.41) is 3.07. The molecule has 0 aliphatic carbocycles. The maximum absolute atomic E-state index is 13.1. The third-order valence-corrected chi connectivity index (χ3v) is 8.33. The molecule has 9 heteroatoms. The average Bonchev–Trinajstić information content (AvgIpc) is 3.24. The molecule has 1 heterocycles.